The standard InChI is InChI=1S/C23H25FN2O3/c24-19-9-4-8-18(14-19)20(27)25-22-10-5-11-23(16-22,13-12-22)26(21(28)29)15-17-6-2-1-3-7-17/h1-4,6-9,14H,5,10-13,15-16H2,(H,25,27)(H,28,29). The summed E-state index contributed by atoms with van der Waals surface area (Å²) in [7, 11) is 0. The van der Waals surface area contributed by atoms with E-state index in [0.29, 0.717) is 18.5 Å². The van der Waals surface area contributed by atoms with E-state index in [1.807, 2.05) is 30.3 Å². The number of benzene rings is 2. The summed E-state index contributed by atoms with van der Waals surface area (Å²) >= 11 is 0. The first-order valence-electron chi connectivity index (χ1n) is 10.0. The minimum absolute atomic E-state index is 0.293. The summed E-state index contributed by atoms with van der Waals surface area (Å²) in [4.78, 5) is 26.5. The molecule has 2 aromatic rings. The maximum atomic E-state index is 13.5. The molecule has 0 radical (unpaired) electrons. The van der Waals surface area contributed by atoms with Crippen LogP contribution >= 0.6 is 0 Å². The number of halogens is 1. The molecule has 0 spiro atoms. The fraction of sp³-hybridized carbons (Fsp3) is 0.391. The number of carbonyl (C=O) groups is 2. The third-order valence-electron chi connectivity index (χ3n) is 6.49. The molecular weight excluding hydrogens is 371 g/mol. The first-order chi connectivity index (χ1) is 13.9. The van der Waals surface area contributed by atoms with Crippen molar-refractivity contribution in [3.8, 4) is 0 Å². The minimum Gasteiger partial charge on any atom is -0.465 e. The van der Waals surface area contributed by atoms with Gasteiger partial charge in [0.1, 0.15) is 5.82 Å². The van der Waals surface area contributed by atoms with Crippen molar-refractivity contribution in [1.29, 1.82) is 0 Å². The maximum Gasteiger partial charge on any atom is 0.408 e. The van der Waals surface area contributed by atoms with Crippen LogP contribution in [0.5, 0.6) is 0 Å². The van der Waals surface area contributed by atoms with Crippen LogP contribution in [0.1, 0.15) is 54.4 Å². The van der Waals surface area contributed by atoms with E-state index in [-0.39, 0.29) is 5.91 Å². The Morgan fingerprint density at radius 3 is 2.55 bits per heavy atom. The molecule has 2 aliphatic carbocycles. The minimum atomic E-state index is -0.928. The molecule has 2 saturated carbocycles. The normalized spacial score (nSPS) is 25.4. The van der Waals surface area contributed by atoms with E-state index < -0.39 is 23.0 Å². The van der Waals surface area contributed by atoms with Crippen LogP contribution in [0.3, 0.4) is 0 Å². The number of nitrogens with zero attached hydrogens (tertiary/aromatic N) is 1. The molecule has 0 aromatic heterocycles. The zero-order valence-electron chi connectivity index (χ0n) is 16.2. The molecule has 2 bridgehead atoms. The van der Waals surface area contributed by atoms with Crippen molar-refractivity contribution < 1.29 is 19.1 Å². The summed E-state index contributed by atoms with van der Waals surface area (Å²) in [5.74, 6) is -0.744. The SMILES string of the molecule is O=C(NC12CCCC(N(Cc3ccccc3)C(=O)O)(CC1)C2)c1cccc(F)c1. The molecule has 4 rings (SSSR count). The van der Waals surface area contributed by atoms with Crippen LogP contribution in [0.15, 0.2) is 54.6 Å². The summed E-state index contributed by atoms with van der Waals surface area (Å²) in [6.07, 6.45) is 3.57. The first kappa shape index (κ1) is 19.4. The molecule has 2 unspecified atom stereocenters. The second kappa shape index (κ2) is 7.50. The third-order valence-corrected chi connectivity index (χ3v) is 6.49. The molecule has 2 atom stereocenters. The molecule has 2 aliphatic rings. The van der Waals surface area contributed by atoms with Crippen molar-refractivity contribution in [2.24, 2.45) is 0 Å². The summed E-state index contributed by atoms with van der Waals surface area (Å²) in [6, 6.07) is 15.3. The van der Waals surface area contributed by atoms with E-state index in [4.69, 9.17) is 0 Å². The van der Waals surface area contributed by atoms with Gasteiger partial charge in [-0.1, -0.05) is 36.4 Å². The number of carboxylic acid groups (broad SMARTS) is 1. The summed E-state index contributed by atoms with van der Waals surface area (Å²) < 4.78 is 13.5. The molecule has 0 heterocycles. The van der Waals surface area contributed by atoms with Gasteiger partial charge in [-0.15, -0.1) is 0 Å². The van der Waals surface area contributed by atoms with Gasteiger partial charge in [0.2, 0.25) is 0 Å². The van der Waals surface area contributed by atoms with Crippen LogP contribution in [0.4, 0.5) is 9.18 Å². The molecular formula is C23H25FN2O3. The Balaban J connectivity index is 1.55. The number of hydrogen-bond donors (Lipinski definition) is 2. The zero-order chi connectivity index (χ0) is 20.5. The van der Waals surface area contributed by atoms with Gasteiger partial charge < -0.3 is 10.4 Å². The number of carbonyl (C=O) groups excluding carboxylic acids is 1. The van der Waals surface area contributed by atoms with Crippen molar-refractivity contribution in [1.82, 2.24) is 10.2 Å². The van der Waals surface area contributed by atoms with Gasteiger partial charge in [-0.3, -0.25) is 9.69 Å². The molecule has 0 saturated heterocycles. The predicted molar refractivity (Wildman–Crippen MR) is 107 cm³/mol. The van der Waals surface area contributed by atoms with E-state index in [0.717, 1.165) is 37.7 Å². The van der Waals surface area contributed by atoms with Gasteiger partial charge in [-0.05, 0) is 62.3 Å². The Hall–Kier alpha value is -2.89. The van der Waals surface area contributed by atoms with Crippen LogP contribution in [-0.4, -0.2) is 33.1 Å². The quantitative estimate of drug-likeness (QED) is 0.777. The van der Waals surface area contributed by atoms with Crippen molar-refractivity contribution in [3.05, 3.63) is 71.5 Å². The topological polar surface area (TPSA) is 69.6 Å². The van der Waals surface area contributed by atoms with Crippen LogP contribution in [0, 0.1) is 5.82 Å². The first-order valence-corrected chi connectivity index (χ1v) is 10.0. The second-order valence-corrected chi connectivity index (χ2v) is 8.35. The highest BCUT2D eigenvalue weighted by molar-refractivity contribution is 5.94. The molecule has 2 amide bonds. The lowest BCUT2D eigenvalue weighted by Gasteiger charge is -2.45. The highest BCUT2D eigenvalue weighted by atomic mass is 19.1. The van der Waals surface area contributed by atoms with Gasteiger partial charge in [0, 0.05) is 23.2 Å². The van der Waals surface area contributed by atoms with Crippen LogP contribution < -0.4 is 5.32 Å². The van der Waals surface area contributed by atoms with Gasteiger partial charge in [0.25, 0.3) is 5.91 Å². The van der Waals surface area contributed by atoms with Crippen LogP contribution in [-0.2, 0) is 6.54 Å². The number of hydrogen-bond acceptors (Lipinski definition) is 2. The number of rotatable bonds is 5. The van der Waals surface area contributed by atoms with E-state index in [1.54, 1.807) is 11.0 Å². The lowest BCUT2D eigenvalue weighted by Crippen LogP contribution is -2.56. The molecule has 6 heteroatoms. The fourth-order valence-corrected chi connectivity index (χ4v) is 5.14. The molecule has 0 aliphatic heterocycles. The molecule has 5 nitrogen and oxygen atoms in total. The number of amides is 2. The van der Waals surface area contributed by atoms with Crippen molar-refractivity contribution in [2.75, 3.05) is 0 Å². The Morgan fingerprint density at radius 1 is 1.03 bits per heavy atom. The van der Waals surface area contributed by atoms with Crippen molar-refractivity contribution in [3.63, 3.8) is 0 Å². The summed E-state index contributed by atoms with van der Waals surface area (Å²) in [5.41, 5.74) is 0.333. The summed E-state index contributed by atoms with van der Waals surface area (Å²) in [6.45, 7) is 0.337. The smallest absolute Gasteiger partial charge is 0.408 e. The monoisotopic (exact) mass is 396 g/mol. The second-order valence-electron chi connectivity index (χ2n) is 8.35. The average molecular weight is 396 g/mol. The molecule has 2 aromatic carbocycles. The Morgan fingerprint density at radius 2 is 1.83 bits per heavy atom. The predicted octanol–water partition coefficient (Wildman–Crippen LogP) is 4.58. The van der Waals surface area contributed by atoms with E-state index in [2.05, 4.69) is 5.32 Å². The molecule has 152 valence electrons. The molecule has 2 fully saturated rings. The fourth-order valence-electron chi connectivity index (χ4n) is 5.14. The summed E-state index contributed by atoms with van der Waals surface area (Å²) in [5, 5.41) is 13.1. The van der Waals surface area contributed by atoms with Gasteiger partial charge in [0.15, 0.2) is 0 Å². The van der Waals surface area contributed by atoms with Gasteiger partial charge in [0.05, 0.1) is 0 Å². The van der Waals surface area contributed by atoms with Crippen LogP contribution in [0.2, 0.25) is 0 Å². The maximum absolute atomic E-state index is 13.5. The van der Waals surface area contributed by atoms with E-state index in [1.165, 1.54) is 18.2 Å². The van der Waals surface area contributed by atoms with Gasteiger partial charge >= 0.3 is 6.09 Å². The number of nitrogens with one attached hydrogen (secondary N) is 1. The average Bonchev–Trinajstić information content (AvgIpc) is 2.97. The molecule has 2 N–H and O–H groups in total. The van der Waals surface area contributed by atoms with E-state index >= 15 is 0 Å². The highest BCUT2D eigenvalue weighted by Gasteiger charge is 2.55. The lowest BCUT2D eigenvalue weighted by atomic mass is 9.77. The number of fused-ring (bicyclic) bond motifs is 2. The van der Waals surface area contributed by atoms with Gasteiger partial charge in [-0.2, -0.15) is 0 Å². The molecule has 29 heavy (non-hydrogen) atoms. The van der Waals surface area contributed by atoms with Gasteiger partial charge in [-0.25, -0.2) is 9.18 Å². The highest BCUT2D eigenvalue weighted by Crippen LogP contribution is 2.51. The Kier molecular flexibility index (Phi) is 5.03. The lowest BCUT2D eigenvalue weighted by molar-refractivity contribution is 0.0454. The van der Waals surface area contributed by atoms with Crippen molar-refractivity contribution in [2.45, 2.75) is 56.1 Å². The largest absolute Gasteiger partial charge is 0.465 e. The van der Waals surface area contributed by atoms with Crippen molar-refractivity contribution >= 4 is 12.0 Å². The zero-order valence-corrected chi connectivity index (χ0v) is 16.2. The van der Waals surface area contributed by atoms with E-state index in [9.17, 15) is 19.1 Å². The Labute approximate surface area is 169 Å². The Bertz CT molecular complexity index is 919. The third kappa shape index (κ3) is 3.84. The van der Waals surface area contributed by atoms with Crippen LogP contribution in [0.25, 0.3) is 0 Å².